The lowest BCUT2D eigenvalue weighted by atomic mass is 10.1. The van der Waals surface area contributed by atoms with Gasteiger partial charge in [0.15, 0.2) is 0 Å². The first kappa shape index (κ1) is 18.2. The van der Waals surface area contributed by atoms with Crippen LogP contribution in [0.3, 0.4) is 0 Å². The van der Waals surface area contributed by atoms with Crippen molar-refractivity contribution in [3.05, 3.63) is 42.1 Å². The molecule has 1 atom stereocenters. The number of nitrogens with zero attached hydrogens (tertiary/aromatic N) is 2. The summed E-state index contributed by atoms with van der Waals surface area (Å²) in [7, 11) is 0. The standard InChI is InChI=1S/C20H25N3O3/c1-20(2,3)26-19(25)23-12-6-9-15(23)13-22-18(24)16-10-4-7-14-8-5-11-21-17(14)16/h4-5,7-8,10-11,15H,6,9,12-13H2,1-3H3,(H,22,24)/t15-/m0/s1. The third-order valence-corrected chi connectivity index (χ3v) is 4.38. The van der Waals surface area contributed by atoms with E-state index < -0.39 is 5.60 Å². The molecule has 0 saturated carbocycles. The number of rotatable bonds is 3. The molecule has 1 aliphatic heterocycles. The fourth-order valence-electron chi connectivity index (χ4n) is 3.20. The van der Waals surface area contributed by atoms with Crippen LogP contribution in [0, 0.1) is 0 Å². The monoisotopic (exact) mass is 355 g/mol. The third-order valence-electron chi connectivity index (χ3n) is 4.38. The first-order valence-electron chi connectivity index (χ1n) is 8.97. The van der Waals surface area contributed by atoms with Crippen molar-refractivity contribution in [2.75, 3.05) is 13.1 Å². The summed E-state index contributed by atoms with van der Waals surface area (Å²) in [5.41, 5.74) is 0.704. The zero-order valence-corrected chi connectivity index (χ0v) is 15.5. The lowest BCUT2D eigenvalue weighted by molar-refractivity contribution is 0.0225. The van der Waals surface area contributed by atoms with Gasteiger partial charge in [-0.05, 0) is 45.7 Å². The number of amides is 2. The van der Waals surface area contributed by atoms with Crippen LogP contribution in [0.4, 0.5) is 4.79 Å². The summed E-state index contributed by atoms with van der Waals surface area (Å²) in [5.74, 6) is -0.176. The minimum absolute atomic E-state index is 0.0447. The fraction of sp³-hybridized carbons (Fsp3) is 0.450. The van der Waals surface area contributed by atoms with Gasteiger partial charge in [-0.1, -0.05) is 18.2 Å². The summed E-state index contributed by atoms with van der Waals surface area (Å²) < 4.78 is 5.47. The van der Waals surface area contributed by atoms with Gasteiger partial charge in [-0.2, -0.15) is 0 Å². The number of likely N-dealkylation sites (tertiary alicyclic amines) is 1. The van der Waals surface area contributed by atoms with E-state index in [1.54, 1.807) is 17.2 Å². The zero-order valence-electron chi connectivity index (χ0n) is 15.5. The predicted octanol–water partition coefficient (Wildman–Crippen LogP) is 3.36. The van der Waals surface area contributed by atoms with E-state index in [4.69, 9.17) is 4.74 Å². The first-order valence-corrected chi connectivity index (χ1v) is 8.97. The van der Waals surface area contributed by atoms with Crippen molar-refractivity contribution in [1.29, 1.82) is 0 Å². The molecule has 1 N–H and O–H groups in total. The summed E-state index contributed by atoms with van der Waals surface area (Å²) in [5, 5.41) is 3.88. The van der Waals surface area contributed by atoms with E-state index in [1.807, 2.05) is 45.0 Å². The molecule has 6 heteroatoms. The summed E-state index contributed by atoms with van der Waals surface area (Å²) in [4.78, 5) is 31.0. The molecule has 2 aromatic rings. The van der Waals surface area contributed by atoms with Crippen LogP contribution in [0.1, 0.15) is 44.0 Å². The number of hydrogen-bond donors (Lipinski definition) is 1. The Balaban J connectivity index is 1.66. The highest BCUT2D eigenvalue weighted by atomic mass is 16.6. The van der Waals surface area contributed by atoms with Crippen molar-refractivity contribution >= 4 is 22.9 Å². The van der Waals surface area contributed by atoms with Crippen molar-refractivity contribution in [3.63, 3.8) is 0 Å². The average molecular weight is 355 g/mol. The molecule has 1 aromatic heterocycles. The van der Waals surface area contributed by atoms with Crippen LogP contribution in [-0.2, 0) is 4.74 Å². The van der Waals surface area contributed by atoms with Crippen LogP contribution in [0.15, 0.2) is 36.5 Å². The molecule has 2 heterocycles. The van der Waals surface area contributed by atoms with E-state index in [0.717, 1.165) is 18.2 Å². The minimum Gasteiger partial charge on any atom is -0.444 e. The molecule has 2 amide bonds. The molecule has 0 radical (unpaired) electrons. The van der Waals surface area contributed by atoms with E-state index in [9.17, 15) is 9.59 Å². The van der Waals surface area contributed by atoms with Gasteiger partial charge in [0.05, 0.1) is 17.1 Å². The number of aromatic nitrogens is 1. The molecule has 1 saturated heterocycles. The van der Waals surface area contributed by atoms with Gasteiger partial charge in [-0.15, -0.1) is 0 Å². The Bertz CT molecular complexity index is 808. The van der Waals surface area contributed by atoms with Crippen LogP contribution in [-0.4, -0.2) is 46.6 Å². The van der Waals surface area contributed by atoms with Crippen LogP contribution >= 0.6 is 0 Å². The second-order valence-electron chi connectivity index (χ2n) is 7.56. The Morgan fingerprint density at radius 2 is 2.04 bits per heavy atom. The number of para-hydroxylation sites is 1. The molecule has 0 aliphatic carbocycles. The van der Waals surface area contributed by atoms with Gasteiger partial charge in [0.25, 0.3) is 5.91 Å². The van der Waals surface area contributed by atoms with Crippen molar-refractivity contribution in [2.24, 2.45) is 0 Å². The molecule has 3 rings (SSSR count). The number of ether oxygens (including phenoxy) is 1. The molecule has 6 nitrogen and oxygen atoms in total. The number of carbonyl (C=O) groups is 2. The van der Waals surface area contributed by atoms with Crippen LogP contribution in [0.5, 0.6) is 0 Å². The number of nitrogens with one attached hydrogen (secondary N) is 1. The van der Waals surface area contributed by atoms with E-state index >= 15 is 0 Å². The Hall–Kier alpha value is -2.63. The van der Waals surface area contributed by atoms with Gasteiger partial charge < -0.3 is 15.0 Å². The maximum Gasteiger partial charge on any atom is 0.410 e. The number of benzene rings is 1. The Morgan fingerprint density at radius 3 is 2.81 bits per heavy atom. The quantitative estimate of drug-likeness (QED) is 0.916. The summed E-state index contributed by atoms with van der Waals surface area (Å²) in [6.45, 7) is 6.62. The molecule has 1 aromatic carbocycles. The summed E-state index contributed by atoms with van der Waals surface area (Å²) >= 11 is 0. The van der Waals surface area contributed by atoms with E-state index in [2.05, 4.69) is 10.3 Å². The normalized spacial score (nSPS) is 17.3. The van der Waals surface area contributed by atoms with Crippen molar-refractivity contribution < 1.29 is 14.3 Å². The fourth-order valence-corrected chi connectivity index (χ4v) is 3.20. The minimum atomic E-state index is -0.526. The molecular formula is C20H25N3O3. The molecule has 0 unspecified atom stereocenters. The molecule has 0 spiro atoms. The predicted molar refractivity (Wildman–Crippen MR) is 100 cm³/mol. The highest BCUT2D eigenvalue weighted by Crippen LogP contribution is 2.21. The van der Waals surface area contributed by atoms with Crippen LogP contribution < -0.4 is 5.32 Å². The zero-order chi connectivity index (χ0) is 18.7. The molecule has 0 bridgehead atoms. The molecule has 138 valence electrons. The van der Waals surface area contributed by atoms with Crippen molar-refractivity contribution in [2.45, 2.75) is 45.3 Å². The topological polar surface area (TPSA) is 71.5 Å². The van der Waals surface area contributed by atoms with Gasteiger partial charge in [0.2, 0.25) is 0 Å². The maximum absolute atomic E-state index is 12.6. The first-order chi connectivity index (χ1) is 12.3. The van der Waals surface area contributed by atoms with Gasteiger partial charge in [-0.3, -0.25) is 9.78 Å². The second kappa shape index (κ2) is 7.32. The summed E-state index contributed by atoms with van der Waals surface area (Å²) in [6, 6.07) is 9.28. The lowest BCUT2D eigenvalue weighted by Gasteiger charge is -2.28. The van der Waals surface area contributed by atoms with Crippen LogP contribution in [0.2, 0.25) is 0 Å². The molecule has 1 fully saturated rings. The number of pyridine rings is 1. The van der Waals surface area contributed by atoms with Crippen LogP contribution in [0.25, 0.3) is 10.9 Å². The number of carbonyl (C=O) groups excluding carboxylic acids is 2. The Morgan fingerprint density at radius 1 is 1.27 bits per heavy atom. The average Bonchev–Trinajstić information content (AvgIpc) is 3.06. The molecular weight excluding hydrogens is 330 g/mol. The largest absolute Gasteiger partial charge is 0.444 e. The lowest BCUT2D eigenvalue weighted by Crippen LogP contribution is -2.45. The number of fused-ring (bicyclic) bond motifs is 1. The van der Waals surface area contributed by atoms with Crippen molar-refractivity contribution in [1.82, 2.24) is 15.2 Å². The Labute approximate surface area is 153 Å². The van der Waals surface area contributed by atoms with Gasteiger partial charge >= 0.3 is 6.09 Å². The molecule has 26 heavy (non-hydrogen) atoms. The molecule has 1 aliphatic rings. The Kier molecular flexibility index (Phi) is 5.11. The maximum atomic E-state index is 12.6. The highest BCUT2D eigenvalue weighted by Gasteiger charge is 2.32. The van der Waals surface area contributed by atoms with Gasteiger partial charge in [0, 0.05) is 24.7 Å². The van der Waals surface area contributed by atoms with E-state index in [0.29, 0.717) is 24.2 Å². The number of hydrogen-bond acceptors (Lipinski definition) is 4. The van der Waals surface area contributed by atoms with Gasteiger partial charge in [-0.25, -0.2) is 4.79 Å². The highest BCUT2D eigenvalue weighted by molar-refractivity contribution is 6.05. The summed E-state index contributed by atoms with van der Waals surface area (Å²) in [6.07, 6.45) is 3.13. The van der Waals surface area contributed by atoms with E-state index in [1.165, 1.54) is 0 Å². The second-order valence-corrected chi connectivity index (χ2v) is 7.56. The van der Waals surface area contributed by atoms with Gasteiger partial charge in [0.1, 0.15) is 5.60 Å². The third kappa shape index (κ3) is 4.12. The van der Waals surface area contributed by atoms with E-state index in [-0.39, 0.29) is 18.0 Å². The SMILES string of the molecule is CC(C)(C)OC(=O)N1CCC[C@H]1CNC(=O)c1cccc2cccnc12. The van der Waals surface area contributed by atoms with Crippen molar-refractivity contribution in [3.8, 4) is 0 Å². The smallest absolute Gasteiger partial charge is 0.410 e.